The van der Waals surface area contributed by atoms with Gasteiger partial charge in [-0.2, -0.15) is 0 Å². The summed E-state index contributed by atoms with van der Waals surface area (Å²) in [6.45, 7) is 5.19. The van der Waals surface area contributed by atoms with E-state index in [1.165, 1.54) is 25.7 Å². The molecule has 116 valence electrons. The molecule has 6 heteroatoms. The van der Waals surface area contributed by atoms with Gasteiger partial charge in [-0.1, -0.05) is 39.2 Å². The molecule has 1 aromatic heterocycles. The first-order chi connectivity index (χ1) is 10.1. The van der Waals surface area contributed by atoms with Crippen LogP contribution in [-0.2, 0) is 0 Å². The smallest absolute Gasteiger partial charge is 0.288 e. The van der Waals surface area contributed by atoms with Crippen molar-refractivity contribution in [2.24, 2.45) is 5.92 Å². The summed E-state index contributed by atoms with van der Waals surface area (Å²) < 4.78 is 0. The number of nitrogens with one attached hydrogen (secondary N) is 3. The van der Waals surface area contributed by atoms with Crippen LogP contribution in [0.3, 0.4) is 0 Å². The van der Waals surface area contributed by atoms with Crippen molar-refractivity contribution in [3.63, 3.8) is 0 Å². The fourth-order valence-corrected chi connectivity index (χ4v) is 1.96. The molecule has 3 N–H and O–H groups in total. The van der Waals surface area contributed by atoms with Crippen LogP contribution in [0.2, 0.25) is 0 Å². The van der Waals surface area contributed by atoms with E-state index in [-0.39, 0.29) is 5.91 Å². The molecule has 0 radical (unpaired) electrons. The normalized spacial score (nSPS) is 11.5. The van der Waals surface area contributed by atoms with Gasteiger partial charge in [0.1, 0.15) is 5.69 Å². The van der Waals surface area contributed by atoms with Crippen LogP contribution in [0.5, 0.6) is 0 Å². The van der Waals surface area contributed by atoms with E-state index in [2.05, 4.69) is 35.0 Å². The van der Waals surface area contributed by atoms with Crippen LogP contribution >= 0.6 is 12.2 Å². The van der Waals surface area contributed by atoms with E-state index in [1.807, 2.05) is 0 Å². The highest BCUT2D eigenvalue weighted by atomic mass is 32.1. The number of aromatic nitrogens is 1. The predicted molar refractivity (Wildman–Crippen MR) is 88.7 cm³/mol. The Morgan fingerprint density at radius 1 is 1.33 bits per heavy atom. The number of carbonyl (C=O) groups excluding carboxylic acids is 1. The quantitative estimate of drug-likeness (QED) is 0.410. The topological polar surface area (TPSA) is 66.0 Å². The van der Waals surface area contributed by atoms with Crippen molar-refractivity contribution in [1.29, 1.82) is 0 Å². The average Bonchev–Trinajstić information content (AvgIpc) is 2.51. The summed E-state index contributed by atoms with van der Waals surface area (Å²) in [6, 6.07) is 5.16. The summed E-state index contributed by atoms with van der Waals surface area (Å²) in [5.74, 6) is 0.249. The molecule has 0 aromatic carbocycles. The number of thiocarbonyl (C=S) groups is 1. The van der Waals surface area contributed by atoms with E-state index in [4.69, 9.17) is 12.2 Å². The molecule has 0 saturated carbocycles. The second kappa shape index (κ2) is 10.1. The number of hydrogen-bond donors (Lipinski definition) is 3. The number of hydrazine groups is 1. The number of nitrogens with zero attached hydrogens (tertiary/aromatic N) is 1. The molecule has 0 fully saturated rings. The van der Waals surface area contributed by atoms with Gasteiger partial charge >= 0.3 is 0 Å². The van der Waals surface area contributed by atoms with Crippen molar-refractivity contribution in [3.8, 4) is 0 Å². The van der Waals surface area contributed by atoms with Crippen LogP contribution < -0.4 is 16.2 Å². The number of hydrogen-bond acceptors (Lipinski definition) is 3. The minimum atomic E-state index is -0.309. The number of unbranched alkanes of at least 4 members (excludes halogenated alkanes) is 2. The molecule has 0 aliphatic rings. The molecule has 5 nitrogen and oxygen atoms in total. The molecule has 0 bridgehead atoms. The Morgan fingerprint density at radius 3 is 2.81 bits per heavy atom. The van der Waals surface area contributed by atoms with E-state index in [0.29, 0.717) is 16.7 Å². The van der Waals surface area contributed by atoms with Crippen LogP contribution in [0.1, 0.15) is 50.0 Å². The first-order valence-corrected chi connectivity index (χ1v) is 7.79. The van der Waals surface area contributed by atoms with E-state index >= 15 is 0 Å². The summed E-state index contributed by atoms with van der Waals surface area (Å²) >= 11 is 5.12. The fourth-order valence-electron chi connectivity index (χ4n) is 1.83. The lowest BCUT2D eigenvalue weighted by Gasteiger charge is -2.15. The van der Waals surface area contributed by atoms with Crippen molar-refractivity contribution in [2.75, 3.05) is 6.54 Å². The zero-order chi connectivity index (χ0) is 15.5. The second-order valence-electron chi connectivity index (χ2n) is 5.11. The van der Waals surface area contributed by atoms with Crippen LogP contribution in [-0.4, -0.2) is 22.5 Å². The van der Waals surface area contributed by atoms with Gasteiger partial charge < -0.3 is 5.32 Å². The Hall–Kier alpha value is -1.69. The molecule has 0 saturated heterocycles. The summed E-state index contributed by atoms with van der Waals surface area (Å²) in [4.78, 5) is 15.7. The van der Waals surface area contributed by atoms with Gasteiger partial charge in [0, 0.05) is 12.7 Å². The van der Waals surface area contributed by atoms with Crippen molar-refractivity contribution < 1.29 is 4.79 Å². The van der Waals surface area contributed by atoms with Gasteiger partial charge in [0.25, 0.3) is 5.91 Å². The molecule has 1 amide bonds. The Kier molecular flexibility index (Phi) is 8.35. The minimum Gasteiger partial charge on any atom is -0.361 e. The lowest BCUT2D eigenvalue weighted by molar-refractivity contribution is 0.0938. The zero-order valence-corrected chi connectivity index (χ0v) is 13.5. The van der Waals surface area contributed by atoms with Gasteiger partial charge in [0.15, 0.2) is 5.11 Å². The van der Waals surface area contributed by atoms with Gasteiger partial charge in [0.05, 0.1) is 0 Å². The molecule has 21 heavy (non-hydrogen) atoms. The van der Waals surface area contributed by atoms with Crippen molar-refractivity contribution in [3.05, 3.63) is 30.1 Å². The number of rotatable bonds is 7. The lowest BCUT2D eigenvalue weighted by atomic mass is 10.0. The Labute approximate surface area is 131 Å². The van der Waals surface area contributed by atoms with Gasteiger partial charge in [-0.3, -0.25) is 20.6 Å². The average molecular weight is 308 g/mol. The first-order valence-electron chi connectivity index (χ1n) is 7.38. The maximum Gasteiger partial charge on any atom is 0.288 e. The summed E-state index contributed by atoms with van der Waals surface area (Å²) in [7, 11) is 0. The highest BCUT2D eigenvalue weighted by Gasteiger charge is 2.07. The maximum atomic E-state index is 11.7. The van der Waals surface area contributed by atoms with E-state index in [9.17, 15) is 4.79 Å². The minimum absolute atomic E-state index is 0.309. The molecule has 0 spiro atoms. The predicted octanol–water partition coefficient (Wildman–Crippen LogP) is 2.41. The van der Waals surface area contributed by atoms with Gasteiger partial charge in [-0.25, -0.2) is 0 Å². The Morgan fingerprint density at radius 2 is 2.14 bits per heavy atom. The number of carbonyl (C=O) groups is 1. The first kappa shape index (κ1) is 17.4. The van der Waals surface area contributed by atoms with Crippen LogP contribution in [0.4, 0.5) is 0 Å². The highest BCUT2D eigenvalue weighted by Crippen LogP contribution is 2.07. The molecule has 1 heterocycles. The number of pyridine rings is 1. The SMILES string of the molecule is CCCCC[C@@H](C)CNC(=S)NNC(=O)c1ccccn1. The van der Waals surface area contributed by atoms with Crippen molar-refractivity contribution >= 4 is 23.2 Å². The van der Waals surface area contributed by atoms with E-state index in [1.54, 1.807) is 24.4 Å². The molecule has 1 aromatic rings. The molecule has 1 atom stereocenters. The summed E-state index contributed by atoms with van der Waals surface area (Å²) in [5.41, 5.74) is 5.55. The maximum absolute atomic E-state index is 11.7. The third-order valence-electron chi connectivity index (χ3n) is 3.10. The Balaban J connectivity index is 2.18. The van der Waals surface area contributed by atoms with E-state index in [0.717, 1.165) is 6.54 Å². The van der Waals surface area contributed by atoms with E-state index < -0.39 is 0 Å². The second-order valence-corrected chi connectivity index (χ2v) is 5.51. The molecule has 0 aliphatic carbocycles. The molecular formula is C15H24N4OS. The monoisotopic (exact) mass is 308 g/mol. The highest BCUT2D eigenvalue weighted by molar-refractivity contribution is 7.80. The summed E-state index contributed by atoms with van der Waals surface area (Å²) in [5, 5.41) is 3.52. The third kappa shape index (κ3) is 7.60. The van der Waals surface area contributed by atoms with Gasteiger partial charge in [-0.15, -0.1) is 0 Å². The summed E-state index contributed by atoms with van der Waals surface area (Å²) in [6.07, 6.45) is 6.51. The van der Waals surface area contributed by atoms with Crippen LogP contribution in [0.25, 0.3) is 0 Å². The van der Waals surface area contributed by atoms with Crippen LogP contribution in [0.15, 0.2) is 24.4 Å². The number of amides is 1. The molecule has 1 rings (SSSR count). The fraction of sp³-hybridized carbons (Fsp3) is 0.533. The Bertz CT molecular complexity index is 439. The van der Waals surface area contributed by atoms with Gasteiger partial charge in [0.2, 0.25) is 0 Å². The van der Waals surface area contributed by atoms with Crippen LogP contribution in [0, 0.1) is 5.92 Å². The lowest BCUT2D eigenvalue weighted by Crippen LogP contribution is -2.47. The van der Waals surface area contributed by atoms with Crippen molar-refractivity contribution in [2.45, 2.75) is 39.5 Å². The zero-order valence-electron chi connectivity index (χ0n) is 12.7. The molecular weight excluding hydrogens is 284 g/mol. The third-order valence-corrected chi connectivity index (χ3v) is 3.35. The van der Waals surface area contributed by atoms with Gasteiger partial charge in [-0.05, 0) is 36.7 Å². The molecule has 0 unspecified atom stereocenters. The molecule has 0 aliphatic heterocycles. The largest absolute Gasteiger partial charge is 0.361 e. The van der Waals surface area contributed by atoms with Crippen molar-refractivity contribution in [1.82, 2.24) is 21.2 Å². The standard InChI is InChI=1S/C15H24N4OS/c1-3-4-5-8-12(2)11-17-15(21)19-18-14(20)13-9-6-7-10-16-13/h6-7,9-10,12H,3-5,8,11H2,1-2H3,(H,18,20)(H2,17,19,21)/t12-/m1/s1.